The summed E-state index contributed by atoms with van der Waals surface area (Å²) < 4.78 is 5.50. The van der Waals surface area contributed by atoms with Gasteiger partial charge in [-0.25, -0.2) is 4.98 Å². The number of fused-ring (bicyclic) bond motifs is 1. The molecule has 1 aliphatic heterocycles. The molecule has 2 aromatic rings. The minimum absolute atomic E-state index is 0.0360. The molecule has 5 rings (SSSR count). The molecular weight excluding hydrogens is 492 g/mol. The SMILES string of the molecule is CCC1C(=O)N(C)c2cnc(Nc3ccc(/C=C/CC(N)C(=O)OC4CCCC4)cc3)nc2N1C1CCCC1. The van der Waals surface area contributed by atoms with Crippen molar-refractivity contribution in [1.29, 1.82) is 0 Å². The Morgan fingerprint density at radius 2 is 1.85 bits per heavy atom. The third-order valence-corrected chi connectivity index (χ3v) is 8.17. The minimum Gasteiger partial charge on any atom is -0.461 e. The van der Waals surface area contributed by atoms with Gasteiger partial charge >= 0.3 is 5.97 Å². The first-order valence-corrected chi connectivity index (χ1v) is 14.4. The van der Waals surface area contributed by atoms with Gasteiger partial charge < -0.3 is 25.6 Å². The Morgan fingerprint density at radius 3 is 2.54 bits per heavy atom. The number of carbonyl (C=O) groups excluding carboxylic acids is 2. The van der Waals surface area contributed by atoms with Crippen LogP contribution in [0.2, 0.25) is 0 Å². The monoisotopic (exact) mass is 532 g/mol. The highest BCUT2D eigenvalue weighted by Crippen LogP contribution is 2.40. The molecule has 9 nitrogen and oxygen atoms in total. The van der Waals surface area contributed by atoms with E-state index in [4.69, 9.17) is 15.5 Å². The van der Waals surface area contributed by atoms with E-state index in [9.17, 15) is 9.59 Å². The van der Waals surface area contributed by atoms with Gasteiger partial charge in [0.1, 0.15) is 23.9 Å². The number of anilines is 4. The first-order valence-electron chi connectivity index (χ1n) is 14.4. The van der Waals surface area contributed by atoms with Crippen LogP contribution in [0.3, 0.4) is 0 Å². The molecule has 0 spiro atoms. The molecular formula is C30H40N6O3. The fourth-order valence-electron chi connectivity index (χ4n) is 5.95. The van der Waals surface area contributed by atoms with Gasteiger partial charge in [0.2, 0.25) is 11.9 Å². The number of hydrogen-bond donors (Lipinski definition) is 2. The van der Waals surface area contributed by atoms with Crippen LogP contribution in [0.4, 0.5) is 23.1 Å². The van der Waals surface area contributed by atoms with Gasteiger partial charge in [-0.3, -0.25) is 9.59 Å². The number of carbonyl (C=O) groups is 2. The lowest BCUT2D eigenvalue weighted by molar-refractivity contribution is -0.150. The van der Waals surface area contributed by atoms with Crippen molar-refractivity contribution < 1.29 is 14.3 Å². The summed E-state index contributed by atoms with van der Waals surface area (Å²) in [5.74, 6) is 1.13. The van der Waals surface area contributed by atoms with Crippen molar-refractivity contribution in [2.24, 2.45) is 5.73 Å². The predicted molar refractivity (Wildman–Crippen MR) is 154 cm³/mol. The van der Waals surface area contributed by atoms with Crippen LogP contribution in [0.15, 0.2) is 36.5 Å². The third kappa shape index (κ3) is 6.08. The van der Waals surface area contributed by atoms with Crippen molar-refractivity contribution in [3.05, 3.63) is 42.1 Å². The van der Waals surface area contributed by atoms with Gasteiger partial charge in [0.05, 0.1) is 6.20 Å². The number of nitrogens with zero attached hydrogens (tertiary/aromatic N) is 4. The maximum Gasteiger partial charge on any atom is 0.323 e. The lowest BCUT2D eigenvalue weighted by Crippen LogP contribution is -2.55. The van der Waals surface area contributed by atoms with Crippen LogP contribution in [0, 0.1) is 0 Å². The highest BCUT2D eigenvalue weighted by molar-refractivity contribution is 6.04. The summed E-state index contributed by atoms with van der Waals surface area (Å²) in [7, 11) is 1.81. The van der Waals surface area contributed by atoms with Crippen molar-refractivity contribution in [2.45, 2.75) is 95.4 Å². The van der Waals surface area contributed by atoms with Gasteiger partial charge in [0, 0.05) is 18.8 Å². The summed E-state index contributed by atoms with van der Waals surface area (Å²) in [4.78, 5) is 38.6. The summed E-state index contributed by atoms with van der Waals surface area (Å²) in [6, 6.07) is 7.41. The second-order valence-corrected chi connectivity index (χ2v) is 10.9. The number of likely N-dealkylation sites (N-methyl/N-ethyl adjacent to an activating group) is 1. The zero-order valence-electron chi connectivity index (χ0n) is 23.0. The number of nitrogens with two attached hydrogens (primary N) is 1. The molecule has 0 saturated heterocycles. The van der Waals surface area contributed by atoms with Crippen LogP contribution in [0.25, 0.3) is 6.08 Å². The maximum absolute atomic E-state index is 13.1. The van der Waals surface area contributed by atoms with E-state index in [1.807, 2.05) is 43.5 Å². The summed E-state index contributed by atoms with van der Waals surface area (Å²) in [6.07, 6.45) is 15.5. The van der Waals surface area contributed by atoms with Crippen molar-refractivity contribution in [2.75, 3.05) is 22.2 Å². The molecule has 2 aliphatic carbocycles. The number of amides is 1. The Labute approximate surface area is 230 Å². The Morgan fingerprint density at radius 1 is 1.15 bits per heavy atom. The van der Waals surface area contributed by atoms with Gasteiger partial charge in [-0.1, -0.05) is 44.1 Å². The van der Waals surface area contributed by atoms with Crippen LogP contribution in [0.5, 0.6) is 0 Å². The summed E-state index contributed by atoms with van der Waals surface area (Å²) in [6.45, 7) is 2.06. The van der Waals surface area contributed by atoms with E-state index in [1.165, 1.54) is 12.8 Å². The fraction of sp³-hybridized carbons (Fsp3) is 0.533. The second-order valence-electron chi connectivity index (χ2n) is 10.9. The van der Waals surface area contributed by atoms with Crippen LogP contribution in [0.1, 0.15) is 76.7 Å². The molecule has 2 unspecified atom stereocenters. The van der Waals surface area contributed by atoms with E-state index in [-0.39, 0.29) is 24.0 Å². The Hall–Kier alpha value is -3.46. The smallest absolute Gasteiger partial charge is 0.323 e. The Bertz CT molecular complexity index is 1190. The molecule has 3 N–H and O–H groups in total. The van der Waals surface area contributed by atoms with Crippen LogP contribution >= 0.6 is 0 Å². The molecule has 0 bridgehead atoms. The number of aromatic nitrogens is 2. The first-order chi connectivity index (χ1) is 18.9. The molecule has 2 fully saturated rings. The standard InChI is InChI=1S/C30H40N6O3/c1-3-25-28(37)35(2)26-19-32-30(34-27(26)36(25)22-10-4-5-11-22)33-21-17-15-20(16-18-21)9-8-14-24(31)29(38)39-23-12-6-7-13-23/h8-9,15-19,22-25H,3-7,10-14,31H2,1-2H3,(H,32,33,34)/b9-8+. The molecule has 2 heterocycles. The number of ether oxygens (including phenoxy) is 1. The van der Waals surface area contributed by atoms with Gasteiger partial charge in [0.15, 0.2) is 5.82 Å². The molecule has 1 amide bonds. The van der Waals surface area contributed by atoms with Crippen molar-refractivity contribution in [3.63, 3.8) is 0 Å². The normalized spacial score (nSPS) is 21.0. The van der Waals surface area contributed by atoms with E-state index in [2.05, 4.69) is 22.1 Å². The topological polar surface area (TPSA) is 114 Å². The predicted octanol–water partition coefficient (Wildman–Crippen LogP) is 4.94. The molecule has 1 aromatic carbocycles. The van der Waals surface area contributed by atoms with Crippen molar-refractivity contribution >= 4 is 41.1 Å². The largest absolute Gasteiger partial charge is 0.461 e. The molecule has 2 saturated carbocycles. The maximum atomic E-state index is 13.1. The zero-order chi connectivity index (χ0) is 27.4. The van der Waals surface area contributed by atoms with Crippen molar-refractivity contribution in [1.82, 2.24) is 9.97 Å². The molecule has 9 heteroatoms. The van der Waals surface area contributed by atoms with Crippen LogP contribution < -0.4 is 20.9 Å². The summed E-state index contributed by atoms with van der Waals surface area (Å²) in [5.41, 5.74) is 8.65. The van der Waals surface area contributed by atoms with E-state index >= 15 is 0 Å². The summed E-state index contributed by atoms with van der Waals surface area (Å²) in [5, 5.41) is 3.32. The van der Waals surface area contributed by atoms with E-state index < -0.39 is 6.04 Å². The minimum atomic E-state index is -0.644. The highest BCUT2D eigenvalue weighted by atomic mass is 16.5. The molecule has 39 heavy (non-hydrogen) atoms. The third-order valence-electron chi connectivity index (χ3n) is 8.17. The van der Waals surface area contributed by atoms with E-state index in [0.717, 1.165) is 67.7 Å². The Kier molecular flexibility index (Phi) is 8.45. The molecule has 2 atom stereocenters. The van der Waals surface area contributed by atoms with Gasteiger partial charge in [-0.05, 0) is 69.1 Å². The lowest BCUT2D eigenvalue weighted by Gasteiger charge is -2.43. The molecule has 208 valence electrons. The number of nitrogens with one attached hydrogen (secondary N) is 1. The average molecular weight is 533 g/mol. The lowest BCUT2D eigenvalue weighted by atomic mass is 10.0. The summed E-state index contributed by atoms with van der Waals surface area (Å²) >= 11 is 0. The van der Waals surface area contributed by atoms with Crippen LogP contribution in [-0.2, 0) is 14.3 Å². The van der Waals surface area contributed by atoms with Gasteiger partial charge in [-0.15, -0.1) is 0 Å². The second kappa shape index (κ2) is 12.2. The molecule has 0 radical (unpaired) electrons. The van der Waals surface area contributed by atoms with Gasteiger partial charge in [-0.2, -0.15) is 4.98 Å². The van der Waals surface area contributed by atoms with Gasteiger partial charge in [0.25, 0.3) is 0 Å². The number of benzene rings is 1. The average Bonchev–Trinajstić information content (AvgIpc) is 3.66. The van der Waals surface area contributed by atoms with Crippen molar-refractivity contribution in [3.8, 4) is 0 Å². The molecule has 3 aliphatic rings. The van der Waals surface area contributed by atoms with E-state index in [0.29, 0.717) is 18.4 Å². The van der Waals surface area contributed by atoms with E-state index in [1.54, 1.807) is 11.1 Å². The highest BCUT2D eigenvalue weighted by Gasteiger charge is 2.41. The number of esters is 1. The Balaban J connectivity index is 1.23. The number of rotatable bonds is 9. The molecule has 1 aromatic heterocycles. The number of hydrogen-bond acceptors (Lipinski definition) is 8. The zero-order valence-corrected chi connectivity index (χ0v) is 23.0. The first kappa shape index (κ1) is 27.1. The fourth-order valence-corrected chi connectivity index (χ4v) is 5.95. The van der Waals surface area contributed by atoms with Crippen LogP contribution in [-0.4, -0.2) is 53.1 Å². The quantitative estimate of drug-likeness (QED) is 0.437.